The van der Waals surface area contributed by atoms with Crippen LogP contribution >= 0.6 is 27.5 Å². The van der Waals surface area contributed by atoms with Crippen LogP contribution in [0.25, 0.3) is 0 Å². The summed E-state index contributed by atoms with van der Waals surface area (Å²) in [6, 6.07) is 8.37. The minimum Gasteiger partial charge on any atom is -0.398 e. The average Bonchev–Trinajstić information content (AvgIpc) is 2.32. The number of rotatable bonds is 2. The number of nitrogens with zero attached hydrogens (tertiary/aromatic N) is 1. The number of nitrogens with two attached hydrogens (primary N) is 1. The van der Waals surface area contributed by atoms with Gasteiger partial charge in [-0.3, -0.25) is 4.79 Å². The molecule has 0 aliphatic heterocycles. The second-order valence-corrected chi connectivity index (χ2v) is 4.66. The number of aromatic nitrogens is 1. The molecule has 2 aromatic rings. The lowest BCUT2D eigenvalue weighted by molar-refractivity contribution is 0.102. The Kier molecular flexibility index (Phi) is 3.84. The summed E-state index contributed by atoms with van der Waals surface area (Å²) < 4.78 is 0.545. The van der Waals surface area contributed by atoms with E-state index < -0.39 is 0 Å². The first kappa shape index (κ1) is 12.9. The van der Waals surface area contributed by atoms with Gasteiger partial charge in [0, 0.05) is 11.9 Å². The molecule has 1 heterocycles. The van der Waals surface area contributed by atoms with Crippen LogP contribution < -0.4 is 11.1 Å². The van der Waals surface area contributed by atoms with E-state index in [1.807, 2.05) is 0 Å². The SMILES string of the molecule is Nc1cccc(Cl)c1C(=O)Nc1cccnc1Br. The van der Waals surface area contributed by atoms with Crippen LogP contribution in [0.4, 0.5) is 11.4 Å². The van der Waals surface area contributed by atoms with Crippen LogP contribution in [-0.2, 0) is 0 Å². The van der Waals surface area contributed by atoms with Crippen molar-refractivity contribution in [2.45, 2.75) is 0 Å². The number of anilines is 2. The van der Waals surface area contributed by atoms with Crippen molar-refractivity contribution in [3.8, 4) is 0 Å². The molecule has 0 spiro atoms. The molecule has 0 saturated carbocycles. The van der Waals surface area contributed by atoms with E-state index in [9.17, 15) is 4.79 Å². The van der Waals surface area contributed by atoms with Gasteiger partial charge in [0.1, 0.15) is 4.60 Å². The fourth-order valence-electron chi connectivity index (χ4n) is 1.44. The number of nitrogen functional groups attached to an aromatic ring is 1. The van der Waals surface area contributed by atoms with E-state index in [0.29, 0.717) is 21.0 Å². The topological polar surface area (TPSA) is 68.0 Å². The van der Waals surface area contributed by atoms with Crippen molar-refractivity contribution < 1.29 is 4.79 Å². The van der Waals surface area contributed by atoms with Crippen molar-refractivity contribution in [2.75, 3.05) is 11.1 Å². The van der Waals surface area contributed by atoms with E-state index in [1.165, 1.54) is 0 Å². The lowest BCUT2D eigenvalue weighted by Crippen LogP contribution is -2.15. The lowest BCUT2D eigenvalue weighted by atomic mass is 10.1. The average molecular weight is 327 g/mol. The van der Waals surface area contributed by atoms with Crippen LogP contribution in [0.1, 0.15) is 10.4 Å². The third-order valence-corrected chi connectivity index (χ3v) is 3.23. The molecule has 3 N–H and O–H groups in total. The minimum absolute atomic E-state index is 0.259. The predicted molar refractivity (Wildman–Crippen MR) is 75.8 cm³/mol. The number of benzene rings is 1. The first-order valence-corrected chi connectivity index (χ1v) is 6.22. The number of halogens is 2. The van der Waals surface area contributed by atoms with E-state index >= 15 is 0 Å². The molecular formula is C12H9BrClN3O. The molecule has 0 fully saturated rings. The molecule has 1 amide bonds. The van der Waals surface area contributed by atoms with Gasteiger partial charge in [-0.2, -0.15) is 0 Å². The van der Waals surface area contributed by atoms with Gasteiger partial charge in [0.05, 0.1) is 16.3 Å². The summed E-state index contributed by atoms with van der Waals surface area (Å²) in [5.41, 5.74) is 6.89. The summed E-state index contributed by atoms with van der Waals surface area (Å²) in [6.07, 6.45) is 1.61. The highest BCUT2D eigenvalue weighted by molar-refractivity contribution is 9.10. The summed E-state index contributed by atoms with van der Waals surface area (Å²) >= 11 is 9.21. The monoisotopic (exact) mass is 325 g/mol. The van der Waals surface area contributed by atoms with Crippen molar-refractivity contribution in [1.82, 2.24) is 4.98 Å². The highest BCUT2D eigenvalue weighted by atomic mass is 79.9. The van der Waals surface area contributed by atoms with Crippen LogP contribution in [0.15, 0.2) is 41.1 Å². The van der Waals surface area contributed by atoms with E-state index in [1.54, 1.807) is 36.5 Å². The highest BCUT2D eigenvalue weighted by Crippen LogP contribution is 2.25. The lowest BCUT2D eigenvalue weighted by Gasteiger charge is -2.09. The van der Waals surface area contributed by atoms with Crippen LogP contribution in [-0.4, -0.2) is 10.9 Å². The fraction of sp³-hybridized carbons (Fsp3) is 0. The number of carbonyl (C=O) groups excluding carboxylic acids is 1. The molecule has 92 valence electrons. The van der Waals surface area contributed by atoms with Crippen LogP contribution in [0.5, 0.6) is 0 Å². The number of hydrogen-bond acceptors (Lipinski definition) is 3. The zero-order valence-electron chi connectivity index (χ0n) is 9.15. The minimum atomic E-state index is -0.369. The maximum Gasteiger partial charge on any atom is 0.259 e. The smallest absolute Gasteiger partial charge is 0.259 e. The normalized spacial score (nSPS) is 10.1. The van der Waals surface area contributed by atoms with Gasteiger partial charge in [-0.25, -0.2) is 4.98 Å². The van der Waals surface area contributed by atoms with Crippen molar-refractivity contribution >= 4 is 44.8 Å². The van der Waals surface area contributed by atoms with E-state index in [-0.39, 0.29) is 11.5 Å². The first-order chi connectivity index (χ1) is 8.59. The molecule has 0 unspecified atom stereocenters. The van der Waals surface area contributed by atoms with Crippen molar-refractivity contribution in [3.63, 3.8) is 0 Å². The van der Waals surface area contributed by atoms with Gasteiger partial charge in [-0.15, -0.1) is 0 Å². The number of amides is 1. The van der Waals surface area contributed by atoms with Gasteiger partial charge in [0.25, 0.3) is 5.91 Å². The molecule has 6 heteroatoms. The third-order valence-electron chi connectivity index (χ3n) is 2.28. The number of hydrogen-bond donors (Lipinski definition) is 2. The Morgan fingerprint density at radius 3 is 2.78 bits per heavy atom. The fourth-order valence-corrected chi connectivity index (χ4v) is 2.06. The largest absolute Gasteiger partial charge is 0.398 e. The molecule has 18 heavy (non-hydrogen) atoms. The molecule has 0 radical (unpaired) electrons. The standard InChI is InChI=1S/C12H9BrClN3O/c13-11-9(5-2-6-16-11)17-12(18)10-7(14)3-1-4-8(10)15/h1-6H,15H2,(H,17,18). The zero-order chi connectivity index (χ0) is 13.1. The van der Waals surface area contributed by atoms with Gasteiger partial charge in [0.15, 0.2) is 0 Å². The summed E-state index contributed by atoms with van der Waals surface area (Å²) in [5.74, 6) is -0.369. The summed E-state index contributed by atoms with van der Waals surface area (Å²) in [6.45, 7) is 0. The quantitative estimate of drug-likeness (QED) is 0.657. The van der Waals surface area contributed by atoms with E-state index in [4.69, 9.17) is 17.3 Å². The van der Waals surface area contributed by atoms with Crippen LogP contribution in [0.2, 0.25) is 5.02 Å². The van der Waals surface area contributed by atoms with Gasteiger partial charge in [-0.05, 0) is 40.2 Å². The van der Waals surface area contributed by atoms with Crippen molar-refractivity contribution in [2.24, 2.45) is 0 Å². The molecule has 4 nitrogen and oxygen atoms in total. The van der Waals surface area contributed by atoms with Gasteiger partial charge < -0.3 is 11.1 Å². The summed E-state index contributed by atoms with van der Waals surface area (Å²) in [5, 5.41) is 3.01. The number of carbonyl (C=O) groups is 1. The van der Waals surface area contributed by atoms with Crippen LogP contribution in [0.3, 0.4) is 0 Å². The summed E-state index contributed by atoms with van der Waals surface area (Å²) in [4.78, 5) is 16.1. The zero-order valence-corrected chi connectivity index (χ0v) is 11.5. The second kappa shape index (κ2) is 5.37. The van der Waals surface area contributed by atoms with Gasteiger partial charge in [0.2, 0.25) is 0 Å². The molecule has 1 aromatic carbocycles. The maximum atomic E-state index is 12.1. The maximum absolute atomic E-state index is 12.1. The first-order valence-electron chi connectivity index (χ1n) is 5.05. The Hall–Kier alpha value is -1.59. The second-order valence-electron chi connectivity index (χ2n) is 3.50. The van der Waals surface area contributed by atoms with Crippen LogP contribution in [0, 0.1) is 0 Å². The van der Waals surface area contributed by atoms with Gasteiger partial charge in [-0.1, -0.05) is 17.7 Å². The molecule has 0 aliphatic rings. The Balaban J connectivity index is 2.31. The highest BCUT2D eigenvalue weighted by Gasteiger charge is 2.15. The molecule has 0 aliphatic carbocycles. The predicted octanol–water partition coefficient (Wildman–Crippen LogP) is 3.33. The molecule has 2 rings (SSSR count). The molecule has 0 atom stereocenters. The molecular weight excluding hydrogens is 318 g/mol. The van der Waals surface area contributed by atoms with Crippen molar-refractivity contribution in [1.29, 1.82) is 0 Å². The summed E-state index contributed by atoms with van der Waals surface area (Å²) in [7, 11) is 0. The molecule has 0 bridgehead atoms. The Labute approximate surface area is 117 Å². The van der Waals surface area contributed by atoms with Crippen molar-refractivity contribution in [3.05, 3.63) is 51.7 Å². The van der Waals surface area contributed by atoms with E-state index in [0.717, 1.165) is 0 Å². The number of nitrogens with one attached hydrogen (secondary N) is 1. The Morgan fingerprint density at radius 2 is 2.11 bits per heavy atom. The third kappa shape index (κ3) is 2.63. The van der Waals surface area contributed by atoms with Gasteiger partial charge >= 0.3 is 0 Å². The van der Waals surface area contributed by atoms with E-state index in [2.05, 4.69) is 26.2 Å². The molecule has 0 saturated heterocycles. The Bertz CT molecular complexity index is 583. The molecule has 1 aromatic heterocycles. The number of pyridine rings is 1. The Morgan fingerprint density at radius 1 is 1.33 bits per heavy atom.